The van der Waals surface area contributed by atoms with Gasteiger partial charge in [0.15, 0.2) is 0 Å². The minimum absolute atomic E-state index is 0.0685. The van der Waals surface area contributed by atoms with Gasteiger partial charge in [-0.05, 0) is 39.0 Å². The monoisotopic (exact) mass is 405 g/mol. The van der Waals surface area contributed by atoms with E-state index in [9.17, 15) is 13.9 Å². The fourth-order valence-electron chi connectivity index (χ4n) is 2.07. The molecule has 0 radical (unpaired) electrons. The molecular weight excluding hydrogens is 385 g/mol. The molecule has 0 fully saturated rings. The molecule has 0 spiro atoms. The first kappa shape index (κ1) is 20.0. The molecule has 2 atom stereocenters. The van der Waals surface area contributed by atoms with E-state index in [2.05, 4.69) is 20.3 Å². The van der Waals surface area contributed by atoms with E-state index in [-0.39, 0.29) is 24.5 Å². The minimum Gasteiger partial charge on any atom is -0.394 e. The second kappa shape index (κ2) is 7.26. The normalized spacial score (nSPS) is 17.0. The first-order valence-electron chi connectivity index (χ1n) is 6.96. The number of rotatable bonds is 6. The van der Waals surface area contributed by atoms with Gasteiger partial charge >= 0.3 is 0 Å². The van der Waals surface area contributed by atoms with Gasteiger partial charge in [-0.15, -0.1) is 0 Å². The highest BCUT2D eigenvalue weighted by Gasteiger charge is 2.39. The van der Waals surface area contributed by atoms with E-state index in [0.29, 0.717) is 4.47 Å². The van der Waals surface area contributed by atoms with Crippen molar-refractivity contribution in [3.63, 3.8) is 0 Å². The summed E-state index contributed by atoms with van der Waals surface area (Å²) in [6.45, 7) is 4.21. The van der Waals surface area contributed by atoms with E-state index < -0.39 is 25.8 Å². The second-order valence-electron chi connectivity index (χ2n) is 6.02. The molecule has 5 nitrogen and oxygen atoms in total. The van der Waals surface area contributed by atoms with Crippen LogP contribution in [0.25, 0.3) is 0 Å². The van der Waals surface area contributed by atoms with E-state index in [4.69, 9.17) is 10.8 Å². The lowest BCUT2D eigenvalue weighted by Gasteiger charge is -2.31. The molecule has 23 heavy (non-hydrogen) atoms. The van der Waals surface area contributed by atoms with Gasteiger partial charge in [-0.3, -0.25) is 0 Å². The van der Waals surface area contributed by atoms with Crippen LogP contribution in [0.3, 0.4) is 0 Å². The highest BCUT2D eigenvalue weighted by molar-refractivity contribution is 9.10. The molecule has 0 heterocycles. The van der Waals surface area contributed by atoms with Crippen LogP contribution in [0, 0.1) is 17.1 Å². The topological polar surface area (TPSA) is 99.5 Å². The average molecular weight is 406 g/mol. The van der Waals surface area contributed by atoms with Gasteiger partial charge in [-0.2, -0.15) is 5.26 Å². The molecule has 0 unspecified atom stereocenters. The summed E-state index contributed by atoms with van der Waals surface area (Å²) < 4.78 is 30.8. The van der Waals surface area contributed by atoms with Gasteiger partial charge < -0.3 is 10.8 Å². The van der Waals surface area contributed by atoms with Crippen LogP contribution < -0.4 is 5.73 Å². The standard InChI is InChI=1S/C15H21BrFN3O2S/c1-14(2,9-18)23(22,20-6-7-21)10-15(3,19)12-8-11(16)4-5-13(12)17/h4-5,8,21H,6-7,10,19H2,1-3H3/t15-,23+/m0/s1. The van der Waals surface area contributed by atoms with Crippen LogP contribution in [0.1, 0.15) is 26.3 Å². The minimum atomic E-state index is -3.12. The van der Waals surface area contributed by atoms with Crippen LogP contribution in [-0.2, 0) is 15.3 Å². The van der Waals surface area contributed by atoms with E-state index in [0.717, 1.165) is 0 Å². The highest BCUT2D eigenvalue weighted by Crippen LogP contribution is 2.30. The quantitative estimate of drug-likeness (QED) is 0.758. The van der Waals surface area contributed by atoms with Gasteiger partial charge in [0.2, 0.25) is 0 Å². The number of benzene rings is 1. The van der Waals surface area contributed by atoms with Crippen LogP contribution in [0.15, 0.2) is 27.0 Å². The Labute approximate surface area is 145 Å². The number of aliphatic hydroxyl groups is 1. The van der Waals surface area contributed by atoms with Gasteiger partial charge in [0.05, 0.1) is 40.2 Å². The van der Waals surface area contributed by atoms with Crippen molar-refractivity contribution in [3.05, 3.63) is 34.1 Å². The molecule has 0 amide bonds. The summed E-state index contributed by atoms with van der Waals surface area (Å²) in [7, 11) is -3.12. The molecule has 0 bridgehead atoms. The summed E-state index contributed by atoms with van der Waals surface area (Å²) in [6, 6.07) is 6.32. The number of hydrogen-bond acceptors (Lipinski definition) is 5. The van der Waals surface area contributed by atoms with Gasteiger partial charge in [-0.25, -0.2) is 13.0 Å². The number of aliphatic hydroxyl groups excluding tert-OH is 1. The Hall–Kier alpha value is -1.01. The second-order valence-corrected chi connectivity index (χ2v) is 9.79. The van der Waals surface area contributed by atoms with Gasteiger partial charge in [0, 0.05) is 10.0 Å². The Morgan fingerprint density at radius 2 is 2.09 bits per heavy atom. The molecule has 0 aliphatic carbocycles. The van der Waals surface area contributed by atoms with Crippen molar-refractivity contribution >= 4 is 25.7 Å². The zero-order valence-electron chi connectivity index (χ0n) is 13.3. The maximum Gasteiger partial charge on any atom is 0.135 e. The molecule has 0 saturated heterocycles. The third-order valence-electron chi connectivity index (χ3n) is 3.51. The predicted octanol–water partition coefficient (Wildman–Crippen LogP) is 2.52. The molecule has 1 rings (SSSR count). The fourth-order valence-corrected chi connectivity index (χ4v) is 4.69. The van der Waals surface area contributed by atoms with Crippen molar-refractivity contribution in [2.75, 3.05) is 18.9 Å². The van der Waals surface area contributed by atoms with Gasteiger partial charge in [0.1, 0.15) is 10.6 Å². The van der Waals surface area contributed by atoms with E-state index in [1.807, 2.05) is 6.07 Å². The molecule has 128 valence electrons. The first-order valence-corrected chi connectivity index (χ1v) is 9.43. The summed E-state index contributed by atoms with van der Waals surface area (Å²) in [5.74, 6) is -0.717. The summed E-state index contributed by atoms with van der Waals surface area (Å²) >= 11 is 3.26. The number of hydrogen-bond donors (Lipinski definition) is 2. The third-order valence-corrected chi connectivity index (χ3v) is 7.28. The third kappa shape index (κ3) is 4.51. The van der Waals surface area contributed by atoms with E-state index in [1.165, 1.54) is 26.0 Å². The molecule has 0 aliphatic heterocycles. The molecule has 0 saturated carbocycles. The predicted molar refractivity (Wildman–Crippen MR) is 92.7 cm³/mol. The molecule has 8 heteroatoms. The summed E-state index contributed by atoms with van der Waals surface area (Å²) in [4.78, 5) is 0. The van der Waals surface area contributed by atoms with Crippen LogP contribution >= 0.6 is 15.9 Å². The largest absolute Gasteiger partial charge is 0.394 e. The zero-order chi connectivity index (χ0) is 17.9. The van der Waals surface area contributed by atoms with Crippen LogP contribution in [-0.4, -0.2) is 33.0 Å². The van der Waals surface area contributed by atoms with Crippen LogP contribution in [0.2, 0.25) is 0 Å². The molecular formula is C15H21BrFN3O2S. The molecule has 3 N–H and O–H groups in total. The molecule has 1 aromatic carbocycles. The van der Waals surface area contributed by atoms with Crippen molar-refractivity contribution in [2.24, 2.45) is 10.1 Å². The first-order chi connectivity index (χ1) is 10.5. The Morgan fingerprint density at radius 3 is 2.61 bits per heavy atom. The van der Waals surface area contributed by atoms with Crippen LogP contribution in [0.4, 0.5) is 4.39 Å². The summed E-state index contributed by atoms with van der Waals surface area (Å²) in [5.41, 5.74) is 5.14. The molecule has 0 aliphatic rings. The van der Waals surface area contributed by atoms with Crippen molar-refractivity contribution in [2.45, 2.75) is 31.1 Å². The lowest BCUT2D eigenvalue weighted by atomic mass is 9.95. The Kier molecular flexibility index (Phi) is 6.32. The number of nitrogens with zero attached hydrogens (tertiary/aromatic N) is 2. The maximum absolute atomic E-state index is 14.1. The van der Waals surface area contributed by atoms with E-state index >= 15 is 0 Å². The Bertz CT molecular complexity index is 735. The highest BCUT2D eigenvalue weighted by atomic mass is 79.9. The SMILES string of the molecule is CC(C)(C#N)[S@](=O)(C[C@](C)(N)c1cc(Br)ccc1F)=NCCO. The number of halogens is 2. The van der Waals surface area contributed by atoms with Gasteiger partial charge in [-0.1, -0.05) is 15.9 Å². The number of nitrogens with two attached hydrogens (primary N) is 1. The molecule has 0 aromatic heterocycles. The maximum atomic E-state index is 14.1. The lowest BCUT2D eigenvalue weighted by Crippen LogP contribution is -2.46. The summed E-state index contributed by atoms with van der Waals surface area (Å²) in [6.07, 6.45) is 0. The van der Waals surface area contributed by atoms with Crippen molar-refractivity contribution in [3.8, 4) is 6.07 Å². The van der Waals surface area contributed by atoms with Crippen molar-refractivity contribution in [1.82, 2.24) is 0 Å². The fraction of sp³-hybridized carbons (Fsp3) is 0.533. The van der Waals surface area contributed by atoms with Crippen molar-refractivity contribution < 1.29 is 13.7 Å². The Morgan fingerprint density at radius 1 is 1.48 bits per heavy atom. The smallest absolute Gasteiger partial charge is 0.135 e. The van der Waals surface area contributed by atoms with Crippen LogP contribution in [0.5, 0.6) is 0 Å². The average Bonchev–Trinajstić information content (AvgIpc) is 2.46. The number of nitriles is 1. The molecule has 1 aromatic rings. The van der Waals surface area contributed by atoms with E-state index in [1.54, 1.807) is 13.0 Å². The van der Waals surface area contributed by atoms with Gasteiger partial charge in [0.25, 0.3) is 0 Å². The Balaban J connectivity index is 3.41. The lowest BCUT2D eigenvalue weighted by molar-refractivity contribution is 0.307. The zero-order valence-corrected chi connectivity index (χ0v) is 15.7. The van der Waals surface area contributed by atoms with Crippen molar-refractivity contribution in [1.29, 1.82) is 5.26 Å². The summed E-state index contributed by atoms with van der Waals surface area (Å²) in [5, 5.41) is 18.3.